The molecule has 1 unspecified atom stereocenters. The van der Waals surface area contributed by atoms with Crippen LogP contribution >= 0.6 is 11.8 Å². The van der Waals surface area contributed by atoms with Gasteiger partial charge in [-0.2, -0.15) is 0 Å². The molecule has 0 radical (unpaired) electrons. The first-order chi connectivity index (χ1) is 15.6. The largest absolute Gasteiger partial charge is 0.296 e. The van der Waals surface area contributed by atoms with Gasteiger partial charge in [-0.05, 0) is 36.2 Å². The van der Waals surface area contributed by atoms with E-state index >= 15 is 0 Å². The van der Waals surface area contributed by atoms with Crippen LogP contribution in [0.5, 0.6) is 0 Å². The summed E-state index contributed by atoms with van der Waals surface area (Å²) in [4.78, 5) is 42.4. The van der Waals surface area contributed by atoms with Crippen molar-refractivity contribution in [3.63, 3.8) is 0 Å². The molecule has 160 valence electrons. The molecular weight excluding hydrogens is 418 g/mol. The minimum Gasteiger partial charge on any atom is -0.296 e. The van der Waals surface area contributed by atoms with Gasteiger partial charge in [0.05, 0.1) is 16.4 Å². The van der Waals surface area contributed by atoms with Crippen LogP contribution in [0.1, 0.15) is 32.7 Å². The van der Waals surface area contributed by atoms with Gasteiger partial charge < -0.3 is 0 Å². The molecule has 0 bridgehead atoms. The predicted octanol–water partition coefficient (Wildman–Crippen LogP) is 5.20. The van der Waals surface area contributed by atoms with E-state index in [2.05, 4.69) is 6.58 Å². The lowest BCUT2D eigenvalue weighted by Gasteiger charge is -2.28. The topological polar surface area (TPSA) is 54.5 Å². The highest BCUT2D eigenvalue weighted by atomic mass is 32.2. The molecule has 2 atom stereocenters. The van der Waals surface area contributed by atoms with E-state index in [1.54, 1.807) is 30.3 Å². The lowest BCUT2D eigenvalue weighted by Crippen LogP contribution is -2.49. The molecule has 5 heteroatoms. The zero-order chi connectivity index (χ0) is 22.5. The van der Waals surface area contributed by atoms with Crippen LogP contribution in [-0.4, -0.2) is 33.8 Å². The number of allylic oxidation sites excluding steroid dienone is 1. The molecule has 1 heterocycles. The molecule has 3 aromatic carbocycles. The fourth-order valence-corrected chi connectivity index (χ4v) is 5.05. The van der Waals surface area contributed by atoms with Crippen LogP contribution in [-0.2, 0) is 11.2 Å². The van der Waals surface area contributed by atoms with Gasteiger partial charge in [0.15, 0.2) is 5.78 Å². The molecular formula is C27H23NO3S. The Morgan fingerprint density at radius 2 is 1.38 bits per heavy atom. The highest BCUT2D eigenvalue weighted by Gasteiger charge is 2.44. The first kappa shape index (κ1) is 21.8. The van der Waals surface area contributed by atoms with Gasteiger partial charge in [0.25, 0.3) is 11.8 Å². The van der Waals surface area contributed by atoms with Crippen LogP contribution in [0.3, 0.4) is 0 Å². The monoisotopic (exact) mass is 441 g/mol. The van der Waals surface area contributed by atoms with Gasteiger partial charge in [0.1, 0.15) is 6.04 Å². The number of carbonyl (C=O) groups excluding carboxylic acids is 3. The molecule has 3 aromatic rings. The second-order valence-electron chi connectivity index (χ2n) is 7.58. The van der Waals surface area contributed by atoms with E-state index in [4.69, 9.17) is 0 Å². The van der Waals surface area contributed by atoms with Gasteiger partial charge >= 0.3 is 0 Å². The third-order valence-electron chi connectivity index (χ3n) is 5.46. The number of carbonyl (C=O) groups is 3. The summed E-state index contributed by atoms with van der Waals surface area (Å²) in [7, 11) is 0. The maximum Gasteiger partial charge on any atom is 0.262 e. The Morgan fingerprint density at radius 3 is 1.94 bits per heavy atom. The number of hydrogen-bond donors (Lipinski definition) is 0. The highest BCUT2D eigenvalue weighted by molar-refractivity contribution is 8.00. The molecule has 0 aliphatic carbocycles. The van der Waals surface area contributed by atoms with Crippen molar-refractivity contribution in [3.8, 4) is 0 Å². The van der Waals surface area contributed by atoms with Crippen molar-refractivity contribution in [2.24, 2.45) is 0 Å². The molecule has 32 heavy (non-hydrogen) atoms. The number of hydrogen-bond acceptors (Lipinski definition) is 4. The number of nitrogens with zero attached hydrogens (tertiary/aromatic N) is 1. The lowest BCUT2D eigenvalue weighted by molar-refractivity contribution is -0.122. The second-order valence-corrected chi connectivity index (χ2v) is 8.85. The first-order valence-electron chi connectivity index (χ1n) is 10.5. The number of Topliss-reactive ketones (excluding diaryl/α,β-unsaturated/α-hetero) is 1. The number of imide groups is 1. The Kier molecular flexibility index (Phi) is 6.66. The molecule has 4 nitrogen and oxygen atoms in total. The van der Waals surface area contributed by atoms with E-state index in [1.807, 2.05) is 60.7 Å². The van der Waals surface area contributed by atoms with Crippen LogP contribution in [0.4, 0.5) is 0 Å². The average Bonchev–Trinajstić information content (AvgIpc) is 3.08. The Bertz CT molecular complexity index is 1110. The number of ketones is 1. The molecule has 0 saturated carbocycles. The van der Waals surface area contributed by atoms with Crippen LogP contribution in [0.25, 0.3) is 0 Å². The molecule has 0 saturated heterocycles. The highest BCUT2D eigenvalue weighted by Crippen LogP contribution is 2.32. The summed E-state index contributed by atoms with van der Waals surface area (Å²) in [5.41, 5.74) is 1.59. The lowest BCUT2D eigenvalue weighted by atomic mass is 9.97. The maximum atomic E-state index is 13.9. The second kappa shape index (κ2) is 9.79. The van der Waals surface area contributed by atoms with Crippen LogP contribution < -0.4 is 0 Å². The summed E-state index contributed by atoms with van der Waals surface area (Å²) < 4.78 is 0. The smallest absolute Gasteiger partial charge is 0.262 e. The molecule has 2 amide bonds. The quantitative estimate of drug-likeness (QED) is 0.260. The molecule has 0 spiro atoms. The van der Waals surface area contributed by atoms with Crippen LogP contribution in [0.2, 0.25) is 0 Å². The first-order valence-corrected chi connectivity index (χ1v) is 11.3. The van der Waals surface area contributed by atoms with Crippen molar-refractivity contribution in [3.05, 3.63) is 114 Å². The number of rotatable bonds is 9. The predicted molar refractivity (Wildman–Crippen MR) is 127 cm³/mol. The minimum atomic E-state index is -0.897. The maximum absolute atomic E-state index is 13.9. The third-order valence-corrected chi connectivity index (χ3v) is 6.71. The Morgan fingerprint density at radius 1 is 0.844 bits per heavy atom. The van der Waals surface area contributed by atoms with Crippen molar-refractivity contribution >= 4 is 29.4 Å². The molecule has 0 fully saturated rings. The number of thioether (sulfide) groups is 1. The van der Waals surface area contributed by atoms with Gasteiger partial charge in [-0.25, -0.2) is 0 Å². The van der Waals surface area contributed by atoms with E-state index in [1.165, 1.54) is 11.8 Å². The normalized spacial score (nSPS) is 14.7. The minimum absolute atomic E-state index is 0.155. The number of amides is 2. The van der Waals surface area contributed by atoms with E-state index in [9.17, 15) is 14.4 Å². The van der Waals surface area contributed by atoms with Crippen LogP contribution in [0, 0.1) is 0 Å². The number of fused-ring (bicyclic) bond motifs is 1. The van der Waals surface area contributed by atoms with Crippen molar-refractivity contribution in [2.45, 2.75) is 29.0 Å². The van der Waals surface area contributed by atoms with Crippen molar-refractivity contribution in [2.75, 3.05) is 0 Å². The van der Waals surface area contributed by atoms with Crippen LogP contribution in [0.15, 0.2) is 102 Å². The molecule has 0 aromatic heterocycles. The Balaban J connectivity index is 1.70. The summed E-state index contributed by atoms with van der Waals surface area (Å²) in [6, 6.07) is 25.0. The molecule has 1 aliphatic rings. The zero-order valence-electron chi connectivity index (χ0n) is 17.5. The van der Waals surface area contributed by atoms with Gasteiger partial charge in [-0.15, -0.1) is 18.3 Å². The Labute approximate surface area is 192 Å². The number of benzene rings is 3. The van der Waals surface area contributed by atoms with Gasteiger partial charge in [-0.1, -0.05) is 66.7 Å². The third kappa shape index (κ3) is 4.43. The molecule has 4 rings (SSSR count). The van der Waals surface area contributed by atoms with Gasteiger partial charge in [-0.3, -0.25) is 19.3 Å². The summed E-state index contributed by atoms with van der Waals surface area (Å²) in [6.45, 7) is 3.81. The summed E-state index contributed by atoms with van der Waals surface area (Å²) in [5, 5.41) is -0.465. The van der Waals surface area contributed by atoms with Gasteiger partial charge in [0.2, 0.25) is 0 Å². The van der Waals surface area contributed by atoms with Crippen molar-refractivity contribution in [1.82, 2.24) is 4.90 Å². The average molecular weight is 442 g/mol. The van der Waals surface area contributed by atoms with E-state index in [-0.39, 0.29) is 12.2 Å². The molecule has 0 N–H and O–H groups in total. The summed E-state index contributed by atoms with van der Waals surface area (Å²) in [6.07, 6.45) is 2.42. The fraction of sp³-hybridized carbons (Fsp3) is 0.148. The van der Waals surface area contributed by atoms with E-state index in [0.29, 0.717) is 17.5 Å². The Hall–Kier alpha value is -3.44. The van der Waals surface area contributed by atoms with Gasteiger partial charge in [0, 0.05) is 11.3 Å². The SMILES string of the molecule is C=CCC(Sc1ccccc1)C(=O)[C@H](Cc1ccccc1)N1C(=O)c2ccccc2C1=O. The zero-order valence-corrected chi connectivity index (χ0v) is 18.3. The standard InChI is InChI=1S/C27H23NO3S/c1-2-11-24(32-20-14-7-4-8-15-20)25(29)23(18-19-12-5-3-6-13-19)28-26(30)21-16-9-10-17-22(21)27(28)31/h2-10,12-17,23-24H,1,11,18H2/t23-,24?/m0/s1. The summed E-state index contributed by atoms with van der Waals surface area (Å²) >= 11 is 1.44. The summed E-state index contributed by atoms with van der Waals surface area (Å²) in [5.74, 6) is -0.985. The van der Waals surface area contributed by atoms with Crippen molar-refractivity contribution in [1.29, 1.82) is 0 Å². The van der Waals surface area contributed by atoms with E-state index < -0.39 is 23.1 Å². The molecule has 1 aliphatic heterocycles. The fourth-order valence-electron chi connectivity index (χ4n) is 3.90. The van der Waals surface area contributed by atoms with E-state index in [0.717, 1.165) is 15.4 Å². The van der Waals surface area contributed by atoms with Crippen molar-refractivity contribution < 1.29 is 14.4 Å².